The Morgan fingerprint density at radius 1 is 0.917 bits per heavy atom. The van der Waals surface area contributed by atoms with Crippen molar-refractivity contribution in [3.8, 4) is 0 Å². The average Bonchev–Trinajstić information content (AvgIpc) is 2.59. The van der Waals surface area contributed by atoms with Gasteiger partial charge < -0.3 is 7.43 Å². The minimum absolute atomic E-state index is 0. The Labute approximate surface area is 84.3 Å². The molecule has 0 radical (unpaired) electrons. The summed E-state index contributed by atoms with van der Waals surface area (Å²) in [5, 5.41) is 0. The molecule has 0 saturated heterocycles. The predicted molar refractivity (Wildman–Crippen MR) is 49.5 cm³/mol. The number of rotatable bonds is 1. The van der Waals surface area contributed by atoms with Crippen molar-refractivity contribution in [1.82, 2.24) is 0 Å². The Morgan fingerprint density at radius 2 is 1.42 bits per heavy atom. The monoisotopic (exact) mass is 202 g/mol. The van der Waals surface area contributed by atoms with Gasteiger partial charge in [0, 0.05) is 0 Å². The summed E-state index contributed by atoms with van der Waals surface area (Å²) in [6.07, 6.45) is 8.60. The van der Waals surface area contributed by atoms with E-state index in [0.717, 1.165) is 0 Å². The third-order valence-electron chi connectivity index (χ3n) is 1.82. The van der Waals surface area contributed by atoms with Gasteiger partial charge in [-0.1, -0.05) is 24.3 Å². The molecule has 0 amide bonds. The summed E-state index contributed by atoms with van der Waals surface area (Å²) < 4.78 is 0. The molecule has 0 unspecified atom stereocenters. The van der Waals surface area contributed by atoms with Gasteiger partial charge in [-0.2, -0.15) is 12.1 Å². The van der Waals surface area contributed by atoms with Crippen LogP contribution in [0.15, 0.2) is 48.6 Å². The Balaban J connectivity index is 0.000000605. The molecule has 12 heavy (non-hydrogen) atoms. The number of allylic oxidation sites excluding steroid dienone is 4. The van der Waals surface area contributed by atoms with Gasteiger partial charge in [0.1, 0.15) is 0 Å². The van der Waals surface area contributed by atoms with E-state index in [4.69, 9.17) is 0 Å². The zero-order valence-electron chi connectivity index (χ0n) is 7.01. The van der Waals surface area contributed by atoms with E-state index in [2.05, 4.69) is 48.6 Å². The largest absolute Gasteiger partial charge is 2.00 e. The zero-order valence-corrected chi connectivity index (χ0v) is 8.00. The van der Waals surface area contributed by atoms with Crippen LogP contribution < -0.4 is 0 Å². The molecule has 0 atom stereocenters. The Morgan fingerprint density at radius 3 is 1.92 bits per heavy atom. The molecule has 0 heterocycles. The van der Waals surface area contributed by atoms with Gasteiger partial charge in [-0.15, -0.1) is 5.56 Å². The number of hydrogen-bond acceptors (Lipinski definition) is 0. The second-order valence-corrected chi connectivity index (χ2v) is 2.51. The van der Waals surface area contributed by atoms with Crippen molar-refractivity contribution in [1.29, 1.82) is 0 Å². The summed E-state index contributed by atoms with van der Waals surface area (Å²) in [5.74, 6) is 0.537. The quantitative estimate of drug-likeness (QED) is 0.485. The fourth-order valence-corrected chi connectivity index (χ4v) is 1.27. The van der Waals surface area contributed by atoms with Gasteiger partial charge in [0.15, 0.2) is 0 Å². The molecule has 0 spiro atoms. The fraction of sp³-hybridized carbons (Fsp3) is 0.0909. The molecule has 0 bridgehead atoms. The molecule has 0 aromatic heterocycles. The summed E-state index contributed by atoms with van der Waals surface area (Å²) in [7, 11) is 0. The zero-order chi connectivity index (χ0) is 6.81. The van der Waals surface area contributed by atoms with Crippen molar-refractivity contribution in [2.75, 3.05) is 0 Å². The molecule has 0 fully saturated rings. The molecule has 1 aromatic carbocycles. The van der Waals surface area contributed by atoms with E-state index in [1.54, 1.807) is 0 Å². The molecule has 1 heteroatoms. The topological polar surface area (TPSA) is 0 Å². The average molecular weight is 203 g/mol. The number of hydrogen-bond donors (Lipinski definition) is 0. The van der Waals surface area contributed by atoms with Crippen molar-refractivity contribution >= 4 is 0 Å². The van der Waals surface area contributed by atoms with Crippen molar-refractivity contribution in [2.24, 2.45) is 0 Å². The third-order valence-corrected chi connectivity index (χ3v) is 1.82. The maximum absolute atomic E-state index is 2.20. The van der Waals surface area contributed by atoms with Gasteiger partial charge in [-0.25, -0.2) is 12.1 Å². The van der Waals surface area contributed by atoms with Crippen molar-refractivity contribution in [2.45, 2.75) is 5.92 Å². The molecule has 66 valence electrons. The van der Waals surface area contributed by atoms with Crippen LogP contribution in [0.5, 0.6) is 0 Å². The van der Waals surface area contributed by atoms with Gasteiger partial charge in [-0.3, -0.25) is 0 Å². The van der Waals surface area contributed by atoms with Crippen molar-refractivity contribution in [3.05, 3.63) is 61.6 Å². The van der Waals surface area contributed by atoms with E-state index < -0.39 is 0 Å². The second-order valence-electron chi connectivity index (χ2n) is 2.51. The molecule has 0 saturated carbocycles. The smallest absolute Gasteiger partial charge is 0.358 e. The Hall–Kier alpha value is -0.676. The van der Waals surface area contributed by atoms with E-state index in [-0.39, 0.29) is 23.9 Å². The first-order valence-corrected chi connectivity index (χ1v) is 3.53. The molecule has 1 aliphatic carbocycles. The van der Waals surface area contributed by atoms with E-state index >= 15 is 0 Å². The van der Waals surface area contributed by atoms with Crippen molar-refractivity contribution < 1.29 is 16.5 Å². The van der Waals surface area contributed by atoms with E-state index in [0.29, 0.717) is 5.92 Å². The van der Waals surface area contributed by atoms with Crippen LogP contribution >= 0.6 is 0 Å². The van der Waals surface area contributed by atoms with Crippen LogP contribution in [0, 0.1) is 7.43 Å². The standard InChI is InChI=1S/C10H9.CH3.Ni/c1-2-6-9(5-1)10-7-3-4-8-10;;/h1-9H;1H3;/q2*-1;+2. The normalized spacial score (nSPS) is 14.0. The SMILES string of the molecule is C1=CC([c-]2cccc2)C=C1.[CH3-].[Ni+2]. The maximum Gasteiger partial charge on any atom is 2.00 e. The van der Waals surface area contributed by atoms with Gasteiger partial charge in [0.25, 0.3) is 0 Å². The van der Waals surface area contributed by atoms with E-state index in [1.807, 2.05) is 0 Å². The van der Waals surface area contributed by atoms with Crippen LogP contribution in [0.25, 0.3) is 0 Å². The minimum Gasteiger partial charge on any atom is -0.358 e. The van der Waals surface area contributed by atoms with Gasteiger partial charge >= 0.3 is 16.5 Å². The molecule has 1 aromatic rings. The molecule has 0 nitrogen and oxygen atoms in total. The van der Waals surface area contributed by atoms with E-state index in [1.165, 1.54) is 5.56 Å². The minimum atomic E-state index is 0. The van der Waals surface area contributed by atoms with Gasteiger partial charge in [0.2, 0.25) is 0 Å². The summed E-state index contributed by atoms with van der Waals surface area (Å²) >= 11 is 0. The van der Waals surface area contributed by atoms with Crippen LogP contribution in [-0.4, -0.2) is 0 Å². The predicted octanol–water partition coefficient (Wildman–Crippen LogP) is 3.06. The van der Waals surface area contributed by atoms with E-state index in [9.17, 15) is 0 Å². The summed E-state index contributed by atoms with van der Waals surface area (Å²) in [5.41, 5.74) is 1.39. The molecule has 0 aliphatic heterocycles. The maximum atomic E-state index is 2.20. The first kappa shape index (κ1) is 11.3. The molecular formula is C11H12Ni. The second kappa shape index (κ2) is 5.06. The summed E-state index contributed by atoms with van der Waals surface area (Å²) in [4.78, 5) is 0. The molecule has 1 aliphatic rings. The van der Waals surface area contributed by atoms with Crippen LogP contribution in [0.2, 0.25) is 0 Å². The van der Waals surface area contributed by atoms with Crippen LogP contribution in [0.3, 0.4) is 0 Å². The fourth-order valence-electron chi connectivity index (χ4n) is 1.27. The van der Waals surface area contributed by atoms with Crippen LogP contribution in [-0.2, 0) is 16.5 Å². The summed E-state index contributed by atoms with van der Waals surface area (Å²) in [6, 6.07) is 8.47. The first-order chi connectivity index (χ1) is 4.97. The first-order valence-electron chi connectivity index (χ1n) is 3.53. The van der Waals surface area contributed by atoms with Gasteiger partial charge in [0.05, 0.1) is 0 Å². The molecule has 2 rings (SSSR count). The third kappa shape index (κ3) is 2.15. The van der Waals surface area contributed by atoms with Crippen molar-refractivity contribution in [3.63, 3.8) is 0 Å². The Kier molecular flexibility index (Phi) is 4.77. The van der Waals surface area contributed by atoms with Gasteiger partial charge in [-0.05, 0) is 5.92 Å². The van der Waals surface area contributed by atoms with Crippen LogP contribution in [0.1, 0.15) is 11.5 Å². The molecule has 0 N–H and O–H groups in total. The Bertz CT molecular complexity index is 243. The summed E-state index contributed by atoms with van der Waals surface area (Å²) in [6.45, 7) is 0. The molecular weight excluding hydrogens is 191 g/mol. The van der Waals surface area contributed by atoms with Crippen LogP contribution in [0.4, 0.5) is 0 Å².